The summed E-state index contributed by atoms with van der Waals surface area (Å²) in [6.45, 7) is 6.56. The standard InChI is InChI=1S/C37H42NO7P/c1-4-40-35(39)34(28-44-46(42-25-29-17-9-5-10-18-29)43-27-33-26-41-36(2,3)45-33)38-37(30-19-11-6-12-20-30,31-21-13-7-14-22-31)32-23-15-8-16-24-32/h5-24,33-34,38H,4,25-28H2,1-3H3. The topological polar surface area (TPSA) is 84.5 Å². The molecule has 1 aliphatic heterocycles. The highest BCUT2D eigenvalue weighted by atomic mass is 31.2. The lowest BCUT2D eigenvalue weighted by atomic mass is 9.76. The first kappa shape index (κ1) is 33.9. The second-order valence-corrected chi connectivity index (χ2v) is 12.5. The number of carbonyl (C=O) groups is 1. The fourth-order valence-corrected chi connectivity index (χ4v) is 6.46. The lowest BCUT2D eigenvalue weighted by Gasteiger charge is -2.39. The van der Waals surface area contributed by atoms with Gasteiger partial charge in [-0.05, 0) is 43.0 Å². The molecule has 0 radical (unpaired) electrons. The third-order valence-electron chi connectivity index (χ3n) is 7.54. The Morgan fingerprint density at radius 3 is 1.83 bits per heavy atom. The Morgan fingerprint density at radius 1 is 0.826 bits per heavy atom. The van der Waals surface area contributed by atoms with Crippen LogP contribution < -0.4 is 5.32 Å². The number of rotatable bonds is 16. The summed E-state index contributed by atoms with van der Waals surface area (Å²) in [5.41, 5.74) is 2.93. The first-order chi connectivity index (χ1) is 22.4. The van der Waals surface area contributed by atoms with Crippen LogP contribution in [0.3, 0.4) is 0 Å². The number of ether oxygens (including phenoxy) is 3. The second-order valence-electron chi connectivity index (χ2n) is 11.3. The summed E-state index contributed by atoms with van der Waals surface area (Å²) in [5.74, 6) is -1.13. The molecule has 4 aromatic carbocycles. The average Bonchev–Trinajstić information content (AvgIpc) is 3.45. The van der Waals surface area contributed by atoms with Gasteiger partial charge in [0, 0.05) is 0 Å². The molecule has 0 amide bonds. The van der Waals surface area contributed by atoms with Crippen LogP contribution in [0.15, 0.2) is 121 Å². The molecule has 1 N–H and O–H groups in total. The summed E-state index contributed by atoms with van der Waals surface area (Å²) in [4.78, 5) is 13.7. The molecule has 0 spiro atoms. The molecule has 9 heteroatoms. The number of benzene rings is 4. The van der Waals surface area contributed by atoms with Crippen molar-refractivity contribution in [3.63, 3.8) is 0 Å². The van der Waals surface area contributed by atoms with Crippen LogP contribution in [0.25, 0.3) is 0 Å². The molecular formula is C37H42NO7P. The molecular weight excluding hydrogens is 601 g/mol. The Labute approximate surface area is 272 Å². The molecule has 0 bridgehead atoms. The molecule has 0 aromatic heterocycles. The fraction of sp³-hybridized carbons (Fsp3) is 0.324. The van der Waals surface area contributed by atoms with Crippen molar-refractivity contribution in [2.75, 3.05) is 26.4 Å². The maximum absolute atomic E-state index is 13.7. The van der Waals surface area contributed by atoms with Gasteiger partial charge in [-0.15, -0.1) is 0 Å². The Balaban J connectivity index is 1.44. The van der Waals surface area contributed by atoms with Crippen molar-refractivity contribution in [1.29, 1.82) is 0 Å². The monoisotopic (exact) mass is 643 g/mol. The molecule has 3 unspecified atom stereocenters. The van der Waals surface area contributed by atoms with Crippen molar-refractivity contribution in [3.8, 4) is 0 Å². The Bertz CT molecular complexity index is 1380. The number of hydrogen-bond donors (Lipinski definition) is 1. The van der Waals surface area contributed by atoms with E-state index in [0.29, 0.717) is 6.61 Å². The van der Waals surface area contributed by atoms with Gasteiger partial charge >= 0.3 is 14.6 Å². The Hall–Kier alpha value is -3.46. The number of hydrogen-bond acceptors (Lipinski definition) is 8. The van der Waals surface area contributed by atoms with Crippen LogP contribution in [0.5, 0.6) is 0 Å². The smallest absolute Gasteiger partial charge is 0.333 e. The highest BCUT2D eigenvalue weighted by Crippen LogP contribution is 2.43. The molecule has 242 valence electrons. The molecule has 0 aliphatic carbocycles. The van der Waals surface area contributed by atoms with Gasteiger partial charge in [-0.3, -0.25) is 10.1 Å². The van der Waals surface area contributed by atoms with Gasteiger partial charge in [0.2, 0.25) is 0 Å². The van der Waals surface area contributed by atoms with Gasteiger partial charge in [-0.1, -0.05) is 121 Å². The second kappa shape index (κ2) is 16.4. The number of esters is 1. The Morgan fingerprint density at radius 2 is 1.35 bits per heavy atom. The predicted molar refractivity (Wildman–Crippen MR) is 178 cm³/mol. The minimum Gasteiger partial charge on any atom is -0.465 e. The minimum absolute atomic E-state index is 0.0684. The van der Waals surface area contributed by atoms with Crippen LogP contribution in [0.1, 0.15) is 43.0 Å². The molecule has 0 saturated carbocycles. The van der Waals surface area contributed by atoms with Gasteiger partial charge in [0.1, 0.15) is 12.1 Å². The molecule has 5 rings (SSSR count). The summed E-state index contributed by atoms with van der Waals surface area (Å²) < 4.78 is 35.9. The van der Waals surface area contributed by atoms with Gasteiger partial charge in [-0.2, -0.15) is 0 Å². The van der Waals surface area contributed by atoms with Crippen molar-refractivity contribution in [1.82, 2.24) is 5.32 Å². The van der Waals surface area contributed by atoms with Gasteiger partial charge in [0.25, 0.3) is 0 Å². The molecule has 4 aromatic rings. The van der Waals surface area contributed by atoms with E-state index in [1.165, 1.54) is 0 Å². The van der Waals surface area contributed by atoms with Crippen molar-refractivity contribution >= 4 is 14.6 Å². The normalized spacial score (nSPS) is 17.3. The molecule has 3 atom stereocenters. The lowest BCUT2D eigenvalue weighted by Crippen LogP contribution is -2.54. The summed E-state index contributed by atoms with van der Waals surface area (Å²) in [7, 11) is -1.89. The maximum Gasteiger partial charge on any atom is 0.333 e. The SMILES string of the molecule is CCOC(=O)C(COP(OCc1ccccc1)OCC1COC(C)(C)O1)NC(c1ccccc1)(c1ccccc1)c1ccccc1. The minimum atomic E-state index is -1.89. The zero-order valence-electron chi connectivity index (χ0n) is 26.5. The maximum atomic E-state index is 13.7. The third kappa shape index (κ3) is 8.87. The molecule has 1 fully saturated rings. The summed E-state index contributed by atoms with van der Waals surface area (Å²) >= 11 is 0. The zero-order valence-corrected chi connectivity index (χ0v) is 27.4. The van der Waals surface area contributed by atoms with Crippen molar-refractivity contribution in [2.45, 2.75) is 50.8 Å². The van der Waals surface area contributed by atoms with E-state index in [1.807, 2.05) is 98.8 Å². The van der Waals surface area contributed by atoms with Crippen LogP contribution in [-0.2, 0) is 44.7 Å². The van der Waals surface area contributed by atoms with E-state index in [2.05, 4.69) is 41.7 Å². The quantitative estimate of drug-likeness (QED) is 0.0785. The Kier molecular flexibility index (Phi) is 12.1. The van der Waals surface area contributed by atoms with Crippen molar-refractivity contribution < 1.29 is 32.6 Å². The zero-order chi connectivity index (χ0) is 32.2. The summed E-state index contributed by atoms with van der Waals surface area (Å²) in [6, 6.07) is 39.1. The van der Waals surface area contributed by atoms with Crippen LogP contribution >= 0.6 is 8.60 Å². The highest BCUT2D eigenvalue weighted by molar-refractivity contribution is 7.41. The van der Waals surface area contributed by atoms with Crippen LogP contribution in [0.2, 0.25) is 0 Å². The highest BCUT2D eigenvalue weighted by Gasteiger charge is 2.41. The van der Waals surface area contributed by atoms with Crippen LogP contribution in [-0.4, -0.2) is 50.3 Å². The molecule has 8 nitrogen and oxygen atoms in total. The van der Waals surface area contributed by atoms with E-state index in [1.54, 1.807) is 6.92 Å². The van der Waals surface area contributed by atoms with Gasteiger partial charge in [-0.25, -0.2) is 0 Å². The van der Waals surface area contributed by atoms with E-state index in [-0.39, 0.29) is 32.5 Å². The van der Waals surface area contributed by atoms with E-state index < -0.39 is 31.9 Å². The predicted octanol–water partition coefficient (Wildman–Crippen LogP) is 7.13. The molecule has 46 heavy (non-hydrogen) atoms. The van der Waals surface area contributed by atoms with Crippen molar-refractivity contribution in [3.05, 3.63) is 144 Å². The van der Waals surface area contributed by atoms with Gasteiger partial charge in [0.05, 0.1) is 38.6 Å². The van der Waals surface area contributed by atoms with Crippen LogP contribution in [0.4, 0.5) is 0 Å². The molecule has 1 saturated heterocycles. The number of nitrogens with one attached hydrogen (secondary N) is 1. The fourth-order valence-electron chi connectivity index (χ4n) is 5.43. The lowest BCUT2D eigenvalue weighted by molar-refractivity contribution is -0.147. The molecule has 1 heterocycles. The van der Waals surface area contributed by atoms with Gasteiger partial charge < -0.3 is 27.8 Å². The number of carbonyl (C=O) groups excluding carboxylic acids is 1. The van der Waals surface area contributed by atoms with E-state index in [4.69, 9.17) is 27.8 Å². The first-order valence-electron chi connectivity index (χ1n) is 15.5. The summed E-state index contributed by atoms with van der Waals surface area (Å²) in [5, 5.41) is 3.69. The average molecular weight is 644 g/mol. The van der Waals surface area contributed by atoms with Crippen molar-refractivity contribution in [2.24, 2.45) is 0 Å². The largest absolute Gasteiger partial charge is 0.465 e. The van der Waals surface area contributed by atoms with Crippen LogP contribution in [0, 0.1) is 0 Å². The van der Waals surface area contributed by atoms with Gasteiger partial charge in [0.15, 0.2) is 5.79 Å². The third-order valence-corrected chi connectivity index (χ3v) is 8.60. The molecule has 1 aliphatic rings. The van der Waals surface area contributed by atoms with E-state index in [0.717, 1.165) is 22.3 Å². The summed E-state index contributed by atoms with van der Waals surface area (Å²) in [6.07, 6.45) is -0.273. The first-order valence-corrected chi connectivity index (χ1v) is 16.6. The van der Waals surface area contributed by atoms with E-state index >= 15 is 0 Å². The van der Waals surface area contributed by atoms with E-state index in [9.17, 15) is 4.79 Å².